The van der Waals surface area contributed by atoms with Crippen LogP contribution in [0.15, 0.2) is 164 Å². The molecule has 8 aromatic carbocycles. The van der Waals surface area contributed by atoms with E-state index in [1.54, 1.807) is 0 Å². The number of thiophene rings is 1. The van der Waals surface area contributed by atoms with Crippen LogP contribution in [-0.4, -0.2) is 8.80 Å². The van der Waals surface area contributed by atoms with Crippen molar-refractivity contribution in [2.45, 2.75) is 0 Å². The molecule has 0 amide bonds. The molecule has 0 N–H and O–H groups in total. The number of para-hydroxylation sites is 2. The van der Waals surface area contributed by atoms with Crippen molar-refractivity contribution in [3.63, 3.8) is 0 Å². The van der Waals surface area contributed by atoms with Crippen LogP contribution in [0.4, 0.5) is 17.1 Å². The fourth-order valence-electron chi connectivity index (χ4n) is 8.70. The Hall–Kier alpha value is -6.36. The first-order valence-electron chi connectivity index (χ1n) is 17.1. The molecule has 0 fully saturated rings. The van der Waals surface area contributed by atoms with Gasteiger partial charge >= 0.3 is 0 Å². The molecule has 0 atom stereocenters. The molecule has 12 aromatic rings. The number of anilines is 3. The van der Waals surface area contributed by atoms with Gasteiger partial charge in [-0.1, -0.05) is 103 Å². The summed E-state index contributed by atoms with van der Waals surface area (Å²) in [6, 6.07) is 60.5. The Morgan fingerprint density at radius 2 is 0.940 bits per heavy atom. The average molecular weight is 654 g/mol. The van der Waals surface area contributed by atoms with Crippen molar-refractivity contribution in [1.82, 2.24) is 8.80 Å². The highest BCUT2D eigenvalue weighted by molar-refractivity contribution is 7.25. The van der Waals surface area contributed by atoms with Crippen molar-refractivity contribution in [2.24, 2.45) is 0 Å². The third kappa shape index (κ3) is 3.38. The van der Waals surface area contributed by atoms with E-state index in [1.165, 1.54) is 85.6 Å². The molecule has 50 heavy (non-hydrogen) atoms. The fourth-order valence-corrected chi connectivity index (χ4v) is 9.79. The van der Waals surface area contributed by atoms with Gasteiger partial charge in [0.05, 0.1) is 38.8 Å². The van der Waals surface area contributed by atoms with Crippen LogP contribution in [0.5, 0.6) is 0 Å². The van der Waals surface area contributed by atoms with Gasteiger partial charge < -0.3 is 13.7 Å². The lowest BCUT2D eigenvalue weighted by Crippen LogP contribution is -2.11. The van der Waals surface area contributed by atoms with Crippen molar-refractivity contribution in [1.29, 1.82) is 0 Å². The van der Waals surface area contributed by atoms with Gasteiger partial charge in [0.1, 0.15) is 0 Å². The van der Waals surface area contributed by atoms with Crippen molar-refractivity contribution in [3.8, 4) is 0 Å². The van der Waals surface area contributed by atoms with E-state index in [2.05, 4.69) is 177 Å². The SMILES string of the molecule is c1ccc2c(N(c3ccc4sc5ccccc5c4c3)c3ccc4c(c3)n3c5ccccc5c5ccc6c7ccccc7n4c6c53)cccc2c1. The van der Waals surface area contributed by atoms with E-state index in [1.807, 2.05) is 11.3 Å². The van der Waals surface area contributed by atoms with Gasteiger partial charge in [0.2, 0.25) is 0 Å². The van der Waals surface area contributed by atoms with Crippen LogP contribution in [0.2, 0.25) is 0 Å². The van der Waals surface area contributed by atoms with Crippen molar-refractivity contribution in [2.75, 3.05) is 4.90 Å². The van der Waals surface area contributed by atoms with Crippen LogP contribution < -0.4 is 4.90 Å². The van der Waals surface area contributed by atoms with Crippen LogP contribution in [0.1, 0.15) is 0 Å². The van der Waals surface area contributed by atoms with E-state index in [0.717, 1.165) is 17.1 Å². The van der Waals surface area contributed by atoms with Gasteiger partial charge in [-0.2, -0.15) is 0 Å². The summed E-state index contributed by atoms with van der Waals surface area (Å²) in [5.74, 6) is 0. The van der Waals surface area contributed by atoms with Gasteiger partial charge in [-0.25, -0.2) is 0 Å². The summed E-state index contributed by atoms with van der Waals surface area (Å²) in [6.45, 7) is 0. The molecule has 0 aliphatic rings. The van der Waals surface area contributed by atoms with E-state index in [9.17, 15) is 0 Å². The monoisotopic (exact) mass is 653 g/mol. The molecule has 232 valence electrons. The number of benzene rings is 8. The first-order chi connectivity index (χ1) is 24.8. The smallest absolute Gasteiger partial charge is 0.0789 e. The largest absolute Gasteiger partial charge is 0.310 e. The molecule has 4 aromatic heterocycles. The van der Waals surface area contributed by atoms with Gasteiger partial charge in [0.25, 0.3) is 0 Å². The average Bonchev–Trinajstić information content (AvgIpc) is 3.83. The van der Waals surface area contributed by atoms with E-state index in [0.29, 0.717) is 0 Å². The molecule has 0 spiro atoms. The minimum Gasteiger partial charge on any atom is -0.310 e. The normalized spacial score (nSPS) is 12.4. The molecular formula is C46H27N3S. The summed E-state index contributed by atoms with van der Waals surface area (Å²) in [4.78, 5) is 2.46. The van der Waals surface area contributed by atoms with Crippen LogP contribution in [0, 0.1) is 0 Å². The minimum absolute atomic E-state index is 1.12. The Morgan fingerprint density at radius 3 is 1.72 bits per heavy atom. The third-order valence-electron chi connectivity index (χ3n) is 10.8. The van der Waals surface area contributed by atoms with Crippen LogP contribution in [-0.2, 0) is 0 Å². The second-order valence-corrected chi connectivity index (χ2v) is 14.4. The number of hydrogen-bond donors (Lipinski definition) is 0. The summed E-state index contributed by atoms with van der Waals surface area (Å²) < 4.78 is 7.63. The Balaban J connectivity index is 1.24. The second kappa shape index (κ2) is 9.63. The number of hydrogen-bond acceptors (Lipinski definition) is 2. The summed E-state index contributed by atoms with van der Waals surface area (Å²) >= 11 is 1.86. The Morgan fingerprint density at radius 1 is 0.360 bits per heavy atom. The van der Waals surface area contributed by atoms with Crippen LogP contribution >= 0.6 is 11.3 Å². The topological polar surface area (TPSA) is 12.1 Å². The highest BCUT2D eigenvalue weighted by atomic mass is 32.1. The number of fused-ring (bicyclic) bond motifs is 13. The van der Waals surface area contributed by atoms with Crippen molar-refractivity contribution in [3.05, 3.63) is 164 Å². The number of aromatic nitrogens is 2. The first kappa shape index (κ1) is 26.6. The summed E-state index contributed by atoms with van der Waals surface area (Å²) in [6.07, 6.45) is 0. The van der Waals surface area contributed by atoms with Gasteiger partial charge in [-0.05, 0) is 66.0 Å². The molecule has 3 nitrogen and oxygen atoms in total. The summed E-state index contributed by atoms with van der Waals surface area (Å²) in [5.41, 5.74) is 10.8. The highest BCUT2D eigenvalue weighted by Gasteiger charge is 2.23. The lowest BCUT2D eigenvalue weighted by Gasteiger charge is -2.27. The van der Waals surface area contributed by atoms with E-state index >= 15 is 0 Å². The van der Waals surface area contributed by atoms with Gasteiger partial charge in [0, 0.05) is 58.5 Å². The van der Waals surface area contributed by atoms with Crippen LogP contribution in [0.25, 0.3) is 85.6 Å². The second-order valence-electron chi connectivity index (χ2n) is 13.3. The molecule has 0 unspecified atom stereocenters. The molecule has 0 saturated heterocycles. The fraction of sp³-hybridized carbons (Fsp3) is 0. The molecule has 0 aliphatic carbocycles. The predicted octanol–water partition coefficient (Wildman–Crippen LogP) is 13.2. The maximum absolute atomic E-state index is 2.52. The molecule has 4 heterocycles. The Kier molecular flexibility index (Phi) is 5.12. The lowest BCUT2D eigenvalue weighted by atomic mass is 10.1. The number of nitrogens with zero attached hydrogens (tertiary/aromatic N) is 3. The summed E-state index contributed by atoms with van der Waals surface area (Å²) in [5, 5.41) is 10.2. The molecular weight excluding hydrogens is 627 g/mol. The highest BCUT2D eigenvalue weighted by Crippen LogP contribution is 2.46. The van der Waals surface area contributed by atoms with Gasteiger partial charge in [0.15, 0.2) is 0 Å². The van der Waals surface area contributed by atoms with E-state index in [-0.39, 0.29) is 0 Å². The Bertz CT molecular complexity index is 3340. The zero-order valence-electron chi connectivity index (χ0n) is 26.8. The molecule has 0 aliphatic heterocycles. The lowest BCUT2D eigenvalue weighted by molar-refractivity contribution is 1.24. The van der Waals surface area contributed by atoms with Crippen molar-refractivity contribution >= 4 is 114 Å². The van der Waals surface area contributed by atoms with E-state index in [4.69, 9.17) is 0 Å². The summed E-state index contributed by atoms with van der Waals surface area (Å²) in [7, 11) is 0. The molecule has 4 heteroatoms. The minimum atomic E-state index is 1.12. The maximum atomic E-state index is 2.52. The number of rotatable bonds is 3. The third-order valence-corrected chi connectivity index (χ3v) is 11.9. The first-order valence-corrected chi connectivity index (χ1v) is 17.9. The molecule has 0 saturated carbocycles. The molecule has 0 bridgehead atoms. The van der Waals surface area contributed by atoms with Gasteiger partial charge in [-0.15, -0.1) is 11.3 Å². The zero-order chi connectivity index (χ0) is 32.5. The van der Waals surface area contributed by atoms with E-state index < -0.39 is 0 Å². The van der Waals surface area contributed by atoms with Crippen LogP contribution in [0.3, 0.4) is 0 Å². The molecule has 12 rings (SSSR count). The zero-order valence-corrected chi connectivity index (χ0v) is 27.7. The van der Waals surface area contributed by atoms with Crippen molar-refractivity contribution < 1.29 is 0 Å². The molecule has 0 radical (unpaired) electrons. The van der Waals surface area contributed by atoms with Gasteiger partial charge in [-0.3, -0.25) is 0 Å². The standard InChI is InChI=1S/C46H27N3S/c1-2-12-31-28(10-1)11-9-18-38(31)47(29-21-25-44-37(26-29)34-15-5-8-19-43(34)50-44)30-20-24-41-42(27-30)49-40-17-7-4-14-33(40)36-23-22-35-32-13-3-6-16-39(32)48(41)45(35)46(36)49/h1-27H. The quantitative estimate of drug-likeness (QED) is 0.173. The maximum Gasteiger partial charge on any atom is 0.0789 e. The predicted molar refractivity (Wildman–Crippen MR) is 215 cm³/mol. The Labute approximate surface area is 290 Å².